The largest absolute Gasteiger partial charge is 0.412 e. The van der Waals surface area contributed by atoms with E-state index in [2.05, 4.69) is 4.90 Å². The maximum Gasteiger partial charge on any atom is 0.412 e. The summed E-state index contributed by atoms with van der Waals surface area (Å²) in [6, 6.07) is -0.207. The number of likely N-dealkylation sites (N-methyl/N-ethyl adjacent to an activating group) is 1. The van der Waals surface area contributed by atoms with E-state index in [-0.39, 0.29) is 11.7 Å². The minimum absolute atomic E-state index is 0.0470. The molecular weight excluding hydrogens is 445 g/mol. The van der Waals surface area contributed by atoms with E-state index in [1.54, 1.807) is 9.42 Å². The maximum atomic E-state index is 13.5. The molecule has 0 spiro atoms. The zero-order valence-corrected chi connectivity index (χ0v) is 19.4. The van der Waals surface area contributed by atoms with Gasteiger partial charge in [0, 0.05) is 44.5 Å². The molecule has 0 bridgehead atoms. The van der Waals surface area contributed by atoms with Crippen LogP contribution in [0.2, 0.25) is 0 Å². The Morgan fingerprint density at radius 2 is 1.85 bits per heavy atom. The van der Waals surface area contributed by atoms with Crippen LogP contribution in [0.1, 0.15) is 49.4 Å². The van der Waals surface area contributed by atoms with Crippen molar-refractivity contribution < 1.29 is 18.0 Å². The smallest absolute Gasteiger partial charge is 0.356 e. The molecule has 0 aliphatic carbocycles. The first-order valence-electron chi connectivity index (χ1n) is 11.8. The Labute approximate surface area is 196 Å². The van der Waals surface area contributed by atoms with Crippen molar-refractivity contribution in [2.24, 2.45) is 0 Å². The van der Waals surface area contributed by atoms with Gasteiger partial charge in [-0.2, -0.15) is 18.3 Å². The number of piperidine rings is 1. The number of aromatic nitrogens is 3. The number of likely N-dealkylation sites (tertiary alicyclic amines) is 1. The summed E-state index contributed by atoms with van der Waals surface area (Å²) in [6.07, 6.45) is 6.12. The molecule has 5 rings (SSSR count). The number of aryl methyl sites for hydroxylation is 1. The summed E-state index contributed by atoms with van der Waals surface area (Å²) in [5.74, 6) is 0.566. The van der Waals surface area contributed by atoms with Gasteiger partial charge in [0.2, 0.25) is 0 Å². The standard InChI is InChI=1S/C24H29F3N6O/c1-16-15-33-21(28-22(16)31-11-5-6-12-31)14-17(29-33)18-8-3-4-13-32(18)23(34)19-9-7-10-20(30(19)2)24(25,26)27/h7,9-10,14-15,18,20H,3-6,8,11-13H2,1-2H3. The molecule has 2 unspecified atom stereocenters. The Balaban J connectivity index is 1.44. The van der Waals surface area contributed by atoms with Gasteiger partial charge < -0.3 is 14.7 Å². The number of hydrogen-bond donors (Lipinski definition) is 0. The van der Waals surface area contributed by atoms with E-state index in [0.29, 0.717) is 13.0 Å². The molecule has 2 fully saturated rings. The zero-order valence-electron chi connectivity index (χ0n) is 19.4. The predicted molar refractivity (Wildman–Crippen MR) is 122 cm³/mol. The van der Waals surface area contributed by atoms with E-state index in [9.17, 15) is 18.0 Å². The summed E-state index contributed by atoms with van der Waals surface area (Å²) >= 11 is 0. The lowest BCUT2D eigenvalue weighted by Gasteiger charge is -2.39. The first-order chi connectivity index (χ1) is 16.2. The molecule has 5 heterocycles. The van der Waals surface area contributed by atoms with Crippen molar-refractivity contribution in [3.05, 3.63) is 47.4 Å². The van der Waals surface area contributed by atoms with Gasteiger partial charge in [-0.1, -0.05) is 12.2 Å². The van der Waals surface area contributed by atoms with Crippen LogP contribution >= 0.6 is 0 Å². The molecule has 7 nitrogen and oxygen atoms in total. The third kappa shape index (κ3) is 4.03. The normalized spacial score (nSPS) is 23.7. The Bertz CT molecular complexity index is 1150. The van der Waals surface area contributed by atoms with Gasteiger partial charge in [0.1, 0.15) is 17.6 Å². The Hall–Kier alpha value is -3.04. The molecule has 2 atom stereocenters. The third-order valence-electron chi connectivity index (χ3n) is 7.03. The molecule has 10 heteroatoms. The number of hydrogen-bond acceptors (Lipinski definition) is 5. The van der Waals surface area contributed by atoms with Gasteiger partial charge in [0.25, 0.3) is 5.91 Å². The molecule has 2 saturated heterocycles. The van der Waals surface area contributed by atoms with Gasteiger partial charge in [-0.25, -0.2) is 9.50 Å². The molecule has 3 aliphatic rings. The predicted octanol–water partition coefficient (Wildman–Crippen LogP) is 4.01. The number of alkyl halides is 3. The fourth-order valence-corrected chi connectivity index (χ4v) is 5.26. The molecule has 0 N–H and O–H groups in total. The van der Waals surface area contributed by atoms with Crippen molar-refractivity contribution in [3.63, 3.8) is 0 Å². The monoisotopic (exact) mass is 474 g/mol. The summed E-state index contributed by atoms with van der Waals surface area (Å²) < 4.78 is 42.1. The number of halogens is 3. The molecular formula is C24H29F3N6O. The van der Waals surface area contributed by atoms with Gasteiger partial charge in [0.05, 0.1) is 11.7 Å². The number of fused-ring (bicyclic) bond motifs is 1. The maximum absolute atomic E-state index is 13.5. The van der Waals surface area contributed by atoms with E-state index in [4.69, 9.17) is 10.1 Å². The SMILES string of the molecule is Cc1cn2nc(C3CCCCN3C(=O)C3=CC=CC(C(F)(F)F)N3C)cc2nc1N1CCCC1. The molecule has 2 aromatic rings. The quantitative estimate of drug-likeness (QED) is 0.673. The second-order valence-electron chi connectivity index (χ2n) is 9.36. The van der Waals surface area contributed by atoms with E-state index in [1.807, 2.05) is 19.2 Å². The summed E-state index contributed by atoms with van der Waals surface area (Å²) in [6.45, 7) is 4.49. The lowest BCUT2D eigenvalue weighted by atomic mass is 9.98. The highest BCUT2D eigenvalue weighted by Crippen LogP contribution is 2.35. The molecule has 0 saturated carbocycles. The molecule has 2 aromatic heterocycles. The van der Waals surface area contributed by atoms with Crippen molar-refractivity contribution in [2.45, 2.75) is 57.3 Å². The molecule has 3 aliphatic heterocycles. The Morgan fingerprint density at radius 1 is 1.12 bits per heavy atom. The van der Waals surface area contributed by atoms with Crippen LogP contribution in [0.25, 0.3) is 5.65 Å². The fraction of sp³-hybridized carbons (Fsp3) is 0.542. The summed E-state index contributed by atoms with van der Waals surface area (Å²) in [5.41, 5.74) is 2.53. The number of anilines is 1. The third-order valence-corrected chi connectivity index (χ3v) is 7.03. The van der Waals surface area contributed by atoms with Gasteiger partial charge in [-0.15, -0.1) is 0 Å². The molecule has 0 aromatic carbocycles. The first kappa shape index (κ1) is 22.7. The minimum Gasteiger partial charge on any atom is -0.356 e. The second-order valence-corrected chi connectivity index (χ2v) is 9.36. The van der Waals surface area contributed by atoms with Crippen LogP contribution in [-0.2, 0) is 4.79 Å². The average Bonchev–Trinajstić information content (AvgIpc) is 3.47. The number of carbonyl (C=O) groups excluding carboxylic acids is 1. The van der Waals surface area contributed by atoms with Crippen molar-refractivity contribution in [3.8, 4) is 0 Å². The zero-order chi connectivity index (χ0) is 24.0. The van der Waals surface area contributed by atoms with Crippen LogP contribution < -0.4 is 4.90 Å². The fourth-order valence-electron chi connectivity index (χ4n) is 5.26. The van der Waals surface area contributed by atoms with Crippen molar-refractivity contribution in [1.29, 1.82) is 0 Å². The van der Waals surface area contributed by atoms with Crippen LogP contribution in [0, 0.1) is 6.92 Å². The lowest BCUT2D eigenvalue weighted by molar-refractivity contribution is -0.165. The number of amides is 1. The second kappa shape index (κ2) is 8.63. The summed E-state index contributed by atoms with van der Waals surface area (Å²) in [7, 11) is 1.32. The van der Waals surface area contributed by atoms with Crippen LogP contribution in [-0.4, -0.2) is 69.2 Å². The Morgan fingerprint density at radius 3 is 2.59 bits per heavy atom. The van der Waals surface area contributed by atoms with Crippen LogP contribution in [0.15, 0.2) is 36.2 Å². The number of nitrogens with zero attached hydrogens (tertiary/aromatic N) is 6. The highest BCUT2D eigenvalue weighted by molar-refractivity contribution is 5.94. The van der Waals surface area contributed by atoms with Gasteiger partial charge in [-0.3, -0.25) is 4.79 Å². The molecule has 1 amide bonds. The van der Waals surface area contributed by atoms with Crippen LogP contribution in [0.3, 0.4) is 0 Å². The van der Waals surface area contributed by atoms with E-state index in [1.165, 1.54) is 19.2 Å². The summed E-state index contributed by atoms with van der Waals surface area (Å²) in [5, 5.41) is 4.73. The van der Waals surface area contributed by atoms with Crippen molar-refractivity contribution in [1.82, 2.24) is 24.4 Å². The van der Waals surface area contributed by atoms with Gasteiger partial charge in [-0.05, 0) is 45.1 Å². The van der Waals surface area contributed by atoms with Gasteiger partial charge in [0.15, 0.2) is 5.65 Å². The highest BCUT2D eigenvalue weighted by Gasteiger charge is 2.44. The topological polar surface area (TPSA) is 57.0 Å². The molecule has 34 heavy (non-hydrogen) atoms. The first-order valence-corrected chi connectivity index (χ1v) is 11.8. The number of carbonyl (C=O) groups is 1. The molecule has 0 radical (unpaired) electrons. The van der Waals surface area contributed by atoms with Crippen molar-refractivity contribution >= 4 is 17.4 Å². The Kier molecular flexibility index (Phi) is 5.77. The van der Waals surface area contributed by atoms with Gasteiger partial charge >= 0.3 is 6.18 Å². The van der Waals surface area contributed by atoms with Crippen LogP contribution in [0.4, 0.5) is 19.0 Å². The summed E-state index contributed by atoms with van der Waals surface area (Å²) in [4.78, 5) is 23.3. The van der Waals surface area contributed by atoms with E-state index >= 15 is 0 Å². The molecule has 182 valence electrons. The highest BCUT2D eigenvalue weighted by atomic mass is 19.4. The van der Waals surface area contributed by atoms with E-state index < -0.39 is 18.1 Å². The average molecular weight is 475 g/mol. The minimum atomic E-state index is -4.45. The van der Waals surface area contributed by atoms with E-state index in [0.717, 1.165) is 72.5 Å². The number of allylic oxidation sites excluding steroid dienone is 2. The lowest BCUT2D eigenvalue weighted by Crippen LogP contribution is -2.48. The number of rotatable bonds is 3. The van der Waals surface area contributed by atoms with Crippen molar-refractivity contribution in [2.75, 3.05) is 31.6 Å². The van der Waals surface area contributed by atoms with Crippen LogP contribution in [0.5, 0.6) is 0 Å².